The number of hydrogen-bond acceptors (Lipinski definition) is 8. The number of carbonyl (C=O) groups is 2. The van der Waals surface area contributed by atoms with Gasteiger partial charge in [0.05, 0.1) is 33.9 Å². The second-order valence-electron chi connectivity index (χ2n) is 9.32. The van der Waals surface area contributed by atoms with E-state index in [9.17, 15) is 14.0 Å². The van der Waals surface area contributed by atoms with Gasteiger partial charge in [-0.1, -0.05) is 6.07 Å². The minimum absolute atomic E-state index is 0.0307. The molecule has 3 heterocycles. The van der Waals surface area contributed by atoms with E-state index in [1.807, 2.05) is 18.2 Å². The van der Waals surface area contributed by atoms with Crippen molar-refractivity contribution in [3.8, 4) is 22.1 Å². The van der Waals surface area contributed by atoms with Gasteiger partial charge in [-0.2, -0.15) is 0 Å². The Labute approximate surface area is 234 Å². The minimum Gasteiger partial charge on any atom is -0.453 e. The van der Waals surface area contributed by atoms with Crippen LogP contribution in [-0.4, -0.2) is 59.7 Å². The third-order valence-electron chi connectivity index (χ3n) is 6.24. The lowest BCUT2D eigenvalue weighted by Gasteiger charge is -2.21. The second kappa shape index (κ2) is 12.4. The number of halogens is 1. The van der Waals surface area contributed by atoms with E-state index in [-0.39, 0.29) is 30.3 Å². The van der Waals surface area contributed by atoms with E-state index in [0.717, 1.165) is 33.7 Å². The van der Waals surface area contributed by atoms with Gasteiger partial charge in [-0.3, -0.25) is 14.8 Å². The summed E-state index contributed by atoms with van der Waals surface area (Å²) in [7, 11) is 1.58. The van der Waals surface area contributed by atoms with Crippen molar-refractivity contribution in [3.63, 3.8) is 0 Å². The zero-order chi connectivity index (χ0) is 28.1. The molecule has 10 nitrogen and oxygen atoms in total. The van der Waals surface area contributed by atoms with E-state index in [4.69, 9.17) is 15.2 Å². The molecule has 1 fully saturated rings. The maximum Gasteiger partial charge on any atom is 0.319 e. The predicted octanol–water partition coefficient (Wildman–Crippen LogP) is 4.51. The largest absolute Gasteiger partial charge is 0.453 e. The standard InChI is InChI=1S/C28H29FN6O4S/c1-38-11-10-35(26(36)14-30)16-17-2-6-21(32-15-17)25-13-22-27(40-25)24(8-9-31-22)39-23-7-5-19(12-20(23)29)34-28(37)33-18-3-4-18/h2,5-9,12-13,15,18H,3-4,10-11,14,16,30H2,1H3,(H2,33,34,37). The quantitative estimate of drug-likeness (QED) is 0.244. The molecule has 1 saturated carbocycles. The summed E-state index contributed by atoms with van der Waals surface area (Å²) in [6.07, 6.45) is 5.26. The van der Waals surface area contributed by atoms with Crippen LogP contribution in [-0.2, 0) is 16.1 Å². The second-order valence-corrected chi connectivity index (χ2v) is 10.4. The molecule has 3 aromatic heterocycles. The van der Waals surface area contributed by atoms with Gasteiger partial charge >= 0.3 is 6.03 Å². The van der Waals surface area contributed by atoms with Crippen LogP contribution in [0, 0.1) is 5.82 Å². The molecule has 1 aliphatic rings. The van der Waals surface area contributed by atoms with Crippen molar-refractivity contribution in [1.29, 1.82) is 0 Å². The number of nitrogens with zero attached hydrogens (tertiary/aromatic N) is 3. The average molecular weight is 565 g/mol. The first-order valence-corrected chi connectivity index (χ1v) is 13.6. The number of pyridine rings is 2. The van der Waals surface area contributed by atoms with Crippen LogP contribution in [0.3, 0.4) is 0 Å². The van der Waals surface area contributed by atoms with Crippen LogP contribution in [0.4, 0.5) is 14.9 Å². The number of carbonyl (C=O) groups excluding carboxylic acids is 2. The predicted molar refractivity (Wildman–Crippen MR) is 151 cm³/mol. The lowest BCUT2D eigenvalue weighted by atomic mass is 10.2. The van der Waals surface area contributed by atoms with Crippen LogP contribution in [0.15, 0.2) is 54.9 Å². The molecule has 208 valence electrons. The first kappa shape index (κ1) is 27.4. The Morgan fingerprint density at radius 3 is 2.70 bits per heavy atom. The molecule has 0 atom stereocenters. The number of urea groups is 1. The molecule has 40 heavy (non-hydrogen) atoms. The number of amides is 3. The average Bonchev–Trinajstić information content (AvgIpc) is 3.65. The molecule has 0 aliphatic heterocycles. The fourth-order valence-corrected chi connectivity index (χ4v) is 5.03. The number of nitrogens with one attached hydrogen (secondary N) is 2. The van der Waals surface area contributed by atoms with Gasteiger partial charge in [0.2, 0.25) is 5.91 Å². The van der Waals surface area contributed by atoms with E-state index >= 15 is 0 Å². The Kier molecular flexibility index (Phi) is 8.48. The SMILES string of the molecule is COCCN(Cc1ccc(-c2cc3nccc(Oc4ccc(NC(=O)NC5CC5)cc4F)c3s2)nc1)C(=O)CN. The Morgan fingerprint density at radius 1 is 1.15 bits per heavy atom. The van der Waals surface area contributed by atoms with Crippen LogP contribution in [0.2, 0.25) is 0 Å². The van der Waals surface area contributed by atoms with E-state index in [0.29, 0.717) is 36.6 Å². The van der Waals surface area contributed by atoms with Crippen LogP contribution in [0.5, 0.6) is 11.5 Å². The Bertz CT molecular complexity index is 1510. The van der Waals surface area contributed by atoms with Gasteiger partial charge in [0.25, 0.3) is 0 Å². The molecule has 12 heteroatoms. The summed E-state index contributed by atoms with van der Waals surface area (Å²) >= 11 is 1.43. The highest BCUT2D eigenvalue weighted by Crippen LogP contribution is 2.39. The molecule has 4 aromatic rings. The normalized spacial score (nSPS) is 12.8. The van der Waals surface area contributed by atoms with Crippen molar-refractivity contribution in [2.45, 2.75) is 25.4 Å². The zero-order valence-electron chi connectivity index (χ0n) is 21.9. The minimum atomic E-state index is -0.601. The number of nitrogens with two attached hydrogens (primary N) is 1. The molecule has 1 aromatic carbocycles. The molecule has 1 aliphatic carbocycles. The van der Waals surface area contributed by atoms with Crippen molar-refractivity contribution < 1.29 is 23.5 Å². The summed E-state index contributed by atoms with van der Waals surface area (Å²) < 4.78 is 26.6. The number of aromatic nitrogens is 2. The molecule has 5 rings (SSSR count). The Hall–Kier alpha value is -4.13. The van der Waals surface area contributed by atoms with Crippen molar-refractivity contribution in [1.82, 2.24) is 20.2 Å². The lowest BCUT2D eigenvalue weighted by molar-refractivity contribution is -0.130. The molecule has 3 amide bonds. The number of rotatable bonds is 11. The molecule has 0 bridgehead atoms. The van der Waals surface area contributed by atoms with Crippen LogP contribution >= 0.6 is 11.3 Å². The van der Waals surface area contributed by atoms with Crippen LogP contribution in [0.25, 0.3) is 20.8 Å². The first-order chi connectivity index (χ1) is 19.4. The third-order valence-corrected chi connectivity index (χ3v) is 7.40. The highest BCUT2D eigenvalue weighted by molar-refractivity contribution is 7.22. The van der Waals surface area contributed by atoms with Gasteiger partial charge in [-0.15, -0.1) is 11.3 Å². The van der Waals surface area contributed by atoms with Crippen molar-refractivity contribution in [2.75, 3.05) is 32.1 Å². The van der Waals surface area contributed by atoms with Gasteiger partial charge in [0.1, 0.15) is 5.75 Å². The van der Waals surface area contributed by atoms with E-state index in [1.165, 1.54) is 23.5 Å². The van der Waals surface area contributed by atoms with Crippen molar-refractivity contribution >= 4 is 39.2 Å². The summed E-state index contributed by atoms with van der Waals surface area (Å²) in [5, 5.41) is 5.44. The number of hydrogen-bond donors (Lipinski definition) is 3. The summed E-state index contributed by atoms with van der Waals surface area (Å²) in [6, 6.07) is 11.5. The van der Waals surface area contributed by atoms with Gasteiger partial charge < -0.3 is 30.7 Å². The molecular weight excluding hydrogens is 535 g/mol. The number of ether oxygens (including phenoxy) is 2. The first-order valence-electron chi connectivity index (χ1n) is 12.8. The van der Waals surface area contributed by atoms with E-state index in [1.54, 1.807) is 36.5 Å². The molecule has 4 N–H and O–H groups in total. The maximum absolute atomic E-state index is 14.8. The zero-order valence-corrected chi connectivity index (χ0v) is 22.7. The van der Waals surface area contributed by atoms with Crippen LogP contribution in [0.1, 0.15) is 18.4 Å². The summed E-state index contributed by atoms with van der Waals surface area (Å²) in [5.41, 5.74) is 8.17. The number of thiophene rings is 1. The smallest absolute Gasteiger partial charge is 0.319 e. The number of fused-ring (bicyclic) bond motifs is 1. The van der Waals surface area contributed by atoms with Gasteiger partial charge in [0, 0.05) is 56.5 Å². The van der Waals surface area contributed by atoms with Crippen molar-refractivity contribution in [2.24, 2.45) is 5.73 Å². The molecule has 0 unspecified atom stereocenters. The Balaban J connectivity index is 1.30. The van der Waals surface area contributed by atoms with Crippen molar-refractivity contribution in [3.05, 3.63) is 66.2 Å². The molecule has 0 spiro atoms. The summed E-state index contributed by atoms with van der Waals surface area (Å²) in [6.45, 7) is 1.16. The third kappa shape index (κ3) is 6.71. The molecule has 0 saturated heterocycles. The highest BCUT2D eigenvalue weighted by Gasteiger charge is 2.23. The Morgan fingerprint density at radius 2 is 2.00 bits per heavy atom. The number of benzene rings is 1. The summed E-state index contributed by atoms with van der Waals surface area (Å²) in [4.78, 5) is 35.6. The van der Waals surface area contributed by atoms with Gasteiger partial charge in [-0.05, 0) is 42.7 Å². The number of methoxy groups -OCH3 is 1. The van der Waals surface area contributed by atoms with Gasteiger partial charge in [0.15, 0.2) is 11.6 Å². The molecular formula is C28H29FN6O4S. The fraction of sp³-hybridized carbons (Fsp3) is 0.286. The lowest BCUT2D eigenvalue weighted by Crippen LogP contribution is -2.37. The van der Waals surface area contributed by atoms with E-state index in [2.05, 4.69) is 20.6 Å². The maximum atomic E-state index is 14.8. The molecule has 0 radical (unpaired) electrons. The fourth-order valence-electron chi connectivity index (χ4n) is 3.99. The van der Waals surface area contributed by atoms with Crippen LogP contribution < -0.4 is 21.1 Å². The summed E-state index contributed by atoms with van der Waals surface area (Å²) in [5.74, 6) is -0.275. The van der Waals surface area contributed by atoms with E-state index < -0.39 is 5.82 Å². The topological polar surface area (TPSA) is 132 Å². The highest BCUT2D eigenvalue weighted by atomic mass is 32.1. The van der Waals surface area contributed by atoms with Gasteiger partial charge in [-0.25, -0.2) is 9.18 Å². The monoisotopic (exact) mass is 564 g/mol. The number of anilines is 1.